The number of rotatable bonds is 3. The predicted molar refractivity (Wildman–Crippen MR) is 92.9 cm³/mol. The lowest BCUT2D eigenvalue weighted by Crippen LogP contribution is -2.47. The minimum Gasteiger partial charge on any atom is -0.387 e. The van der Waals surface area contributed by atoms with E-state index in [1.807, 2.05) is 0 Å². The van der Waals surface area contributed by atoms with Crippen molar-refractivity contribution in [3.05, 3.63) is 59.7 Å². The Labute approximate surface area is 147 Å². The first-order chi connectivity index (χ1) is 12.1. The van der Waals surface area contributed by atoms with Gasteiger partial charge in [-0.15, -0.1) is 0 Å². The summed E-state index contributed by atoms with van der Waals surface area (Å²) >= 11 is 0. The third-order valence-electron chi connectivity index (χ3n) is 5.13. The maximum Gasteiger partial charge on any atom is 0.274 e. The fourth-order valence-electron chi connectivity index (χ4n) is 3.84. The number of aromatic nitrogens is 2. The number of aliphatic hydroxyl groups is 1. The summed E-state index contributed by atoms with van der Waals surface area (Å²) in [5, 5.41) is 11.0. The van der Waals surface area contributed by atoms with E-state index in [1.54, 1.807) is 11.1 Å². The molecular formula is C19H22N4O2. The van der Waals surface area contributed by atoms with Crippen molar-refractivity contribution in [3.8, 4) is 0 Å². The number of carbonyl (C=O) groups excluding carboxylic acids is 1. The van der Waals surface area contributed by atoms with Gasteiger partial charge in [-0.25, -0.2) is 4.98 Å². The van der Waals surface area contributed by atoms with Gasteiger partial charge in [-0.3, -0.25) is 14.7 Å². The summed E-state index contributed by atoms with van der Waals surface area (Å²) in [7, 11) is 0. The van der Waals surface area contributed by atoms with Gasteiger partial charge in [0.1, 0.15) is 5.69 Å². The van der Waals surface area contributed by atoms with Gasteiger partial charge < -0.3 is 10.0 Å². The molecule has 25 heavy (non-hydrogen) atoms. The van der Waals surface area contributed by atoms with E-state index in [9.17, 15) is 9.90 Å². The van der Waals surface area contributed by atoms with Crippen LogP contribution in [0.25, 0.3) is 0 Å². The molecule has 0 aliphatic carbocycles. The number of carbonyl (C=O) groups is 1. The van der Waals surface area contributed by atoms with E-state index in [2.05, 4.69) is 39.1 Å². The summed E-state index contributed by atoms with van der Waals surface area (Å²) in [5.74, 6) is -0.159. The Morgan fingerprint density at radius 3 is 2.84 bits per heavy atom. The Balaban J connectivity index is 1.40. The molecule has 2 aliphatic heterocycles. The van der Waals surface area contributed by atoms with Gasteiger partial charge in [0, 0.05) is 38.6 Å². The van der Waals surface area contributed by atoms with E-state index in [0.717, 1.165) is 19.5 Å². The van der Waals surface area contributed by atoms with Crippen LogP contribution in [0, 0.1) is 0 Å². The van der Waals surface area contributed by atoms with Gasteiger partial charge in [-0.1, -0.05) is 24.3 Å². The van der Waals surface area contributed by atoms with Crippen molar-refractivity contribution < 1.29 is 9.90 Å². The highest BCUT2D eigenvalue weighted by molar-refractivity contribution is 5.92. The van der Waals surface area contributed by atoms with Crippen LogP contribution < -0.4 is 0 Å². The predicted octanol–water partition coefficient (Wildman–Crippen LogP) is 1.11. The molecule has 0 unspecified atom stereocenters. The van der Waals surface area contributed by atoms with Crippen LogP contribution in [-0.4, -0.2) is 62.6 Å². The van der Waals surface area contributed by atoms with Crippen LogP contribution in [0.5, 0.6) is 0 Å². The smallest absolute Gasteiger partial charge is 0.274 e. The Morgan fingerprint density at radius 1 is 1.20 bits per heavy atom. The third-order valence-corrected chi connectivity index (χ3v) is 5.13. The summed E-state index contributed by atoms with van der Waals surface area (Å²) in [6.45, 7) is 3.29. The van der Waals surface area contributed by atoms with Gasteiger partial charge in [0.25, 0.3) is 5.91 Å². The van der Waals surface area contributed by atoms with E-state index in [-0.39, 0.29) is 5.91 Å². The SMILES string of the molecule is O=C(c1cnccn1)N1CC[C@@](O)(CN2CCc3ccccc3C2)C1. The lowest BCUT2D eigenvalue weighted by atomic mass is 9.97. The zero-order valence-electron chi connectivity index (χ0n) is 14.1. The van der Waals surface area contributed by atoms with Gasteiger partial charge in [-0.05, 0) is 24.0 Å². The van der Waals surface area contributed by atoms with E-state index >= 15 is 0 Å². The minimum atomic E-state index is -0.857. The molecule has 6 heteroatoms. The van der Waals surface area contributed by atoms with Crippen LogP contribution in [-0.2, 0) is 13.0 Å². The fraction of sp³-hybridized carbons (Fsp3) is 0.421. The molecule has 130 valence electrons. The molecule has 1 fully saturated rings. The Bertz CT molecular complexity index is 767. The van der Waals surface area contributed by atoms with Crippen molar-refractivity contribution in [3.63, 3.8) is 0 Å². The molecule has 2 aromatic rings. The second-order valence-corrected chi connectivity index (χ2v) is 7.02. The highest BCUT2D eigenvalue weighted by Gasteiger charge is 2.40. The molecule has 6 nitrogen and oxygen atoms in total. The Morgan fingerprint density at radius 2 is 2.04 bits per heavy atom. The largest absolute Gasteiger partial charge is 0.387 e. The monoisotopic (exact) mass is 338 g/mol. The molecule has 1 amide bonds. The summed E-state index contributed by atoms with van der Waals surface area (Å²) < 4.78 is 0. The van der Waals surface area contributed by atoms with Gasteiger partial charge in [-0.2, -0.15) is 0 Å². The van der Waals surface area contributed by atoms with Crippen LogP contribution in [0.2, 0.25) is 0 Å². The second-order valence-electron chi connectivity index (χ2n) is 7.02. The maximum absolute atomic E-state index is 12.5. The van der Waals surface area contributed by atoms with E-state index in [4.69, 9.17) is 0 Å². The number of benzene rings is 1. The second kappa shape index (κ2) is 6.54. The first kappa shape index (κ1) is 16.2. The molecule has 0 spiro atoms. The van der Waals surface area contributed by atoms with Crippen molar-refractivity contribution in [2.24, 2.45) is 0 Å². The maximum atomic E-state index is 12.5. The standard InChI is InChI=1S/C19H22N4O2/c24-18(17-11-20-7-8-21-17)23-10-6-19(25,14-23)13-22-9-5-15-3-1-2-4-16(15)12-22/h1-4,7-8,11,25H,5-6,9-10,12-14H2/t19-/m1/s1. The van der Waals surface area contributed by atoms with Crippen molar-refractivity contribution >= 4 is 5.91 Å². The van der Waals surface area contributed by atoms with Crippen LogP contribution in [0.3, 0.4) is 0 Å². The molecule has 3 heterocycles. The quantitative estimate of drug-likeness (QED) is 0.908. The average Bonchev–Trinajstić information content (AvgIpc) is 3.03. The fourth-order valence-corrected chi connectivity index (χ4v) is 3.84. The van der Waals surface area contributed by atoms with Crippen LogP contribution in [0.15, 0.2) is 42.9 Å². The van der Waals surface area contributed by atoms with Crippen molar-refractivity contribution in [1.29, 1.82) is 0 Å². The van der Waals surface area contributed by atoms with Gasteiger partial charge >= 0.3 is 0 Å². The van der Waals surface area contributed by atoms with Crippen LogP contribution >= 0.6 is 0 Å². The van der Waals surface area contributed by atoms with E-state index in [1.165, 1.54) is 23.5 Å². The van der Waals surface area contributed by atoms with Crippen molar-refractivity contribution in [2.75, 3.05) is 26.2 Å². The van der Waals surface area contributed by atoms with Gasteiger partial charge in [0.15, 0.2) is 0 Å². The molecule has 1 aromatic carbocycles. The summed E-state index contributed by atoms with van der Waals surface area (Å²) in [4.78, 5) is 24.5. The van der Waals surface area contributed by atoms with Crippen molar-refractivity contribution in [1.82, 2.24) is 19.8 Å². The first-order valence-corrected chi connectivity index (χ1v) is 8.70. The topological polar surface area (TPSA) is 69.6 Å². The third kappa shape index (κ3) is 3.41. The molecule has 1 aromatic heterocycles. The molecule has 2 aliphatic rings. The number of likely N-dealkylation sites (tertiary alicyclic amines) is 1. The normalized spacial score (nSPS) is 23.5. The molecule has 4 rings (SSSR count). The number of β-amino-alcohol motifs (C(OH)–C–C–N with tert-alkyl or cyclic N) is 1. The Hall–Kier alpha value is -2.31. The molecular weight excluding hydrogens is 316 g/mol. The lowest BCUT2D eigenvalue weighted by Gasteiger charge is -2.34. The number of fused-ring (bicyclic) bond motifs is 1. The zero-order valence-corrected chi connectivity index (χ0v) is 14.1. The molecule has 0 bridgehead atoms. The van der Waals surface area contributed by atoms with Crippen LogP contribution in [0.4, 0.5) is 0 Å². The first-order valence-electron chi connectivity index (χ1n) is 8.70. The molecule has 1 saturated heterocycles. The summed E-state index contributed by atoms with van der Waals surface area (Å²) in [6.07, 6.45) is 6.14. The Kier molecular flexibility index (Phi) is 4.23. The van der Waals surface area contributed by atoms with E-state index in [0.29, 0.717) is 31.7 Å². The molecule has 0 saturated carbocycles. The summed E-state index contributed by atoms with van der Waals surface area (Å²) in [5.41, 5.74) is 2.21. The van der Waals surface area contributed by atoms with Crippen LogP contribution in [0.1, 0.15) is 28.0 Å². The highest BCUT2D eigenvalue weighted by atomic mass is 16.3. The number of hydrogen-bond acceptors (Lipinski definition) is 5. The minimum absolute atomic E-state index is 0.159. The zero-order chi connectivity index (χ0) is 17.3. The summed E-state index contributed by atoms with van der Waals surface area (Å²) in [6, 6.07) is 8.48. The van der Waals surface area contributed by atoms with E-state index < -0.39 is 5.60 Å². The van der Waals surface area contributed by atoms with Gasteiger partial charge in [0.05, 0.1) is 18.3 Å². The number of nitrogens with zero attached hydrogens (tertiary/aromatic N) is 4. The van der Waals surface area contributed by atoms with Gasteiger partial charge in [0.2, 0.25) is 0 Å². The van der Waals surface area contributed by atoms with Crippen molar-refractivity contribution in [2.45, 2.75) is 25.0 Å². The highest BCUT2D eigenvalue weighted by Crippen LogP contribution is 2.26. The molecule has 1 N–H and O–H groups in total. The number of amides is 1. The number of hydrogen-bond donors (Lipinski definition) is 1. The lowest BCUT2D eigenvalue weighted by molar-refractivity contribution is 0.00799. The molecule has 0 radical (unpaired) electrons. The molecule has 1 atom stereocenters. The average molecular weight is 338 g/mol.